The highest BCUT2D eigenvalue weighted by atomic mass is 16.3. The van der Waals surface area contributed by atoms with Gasteiger partial charge in [0.15, 0.2) is 0 Å². The van der Waals surface area contributed by atoms with Crippen LogP contribution in [0.3, 0.4) is 0 Å². The molecule has 110 valence electrons. The number of aliphatic hydroxyl groups excluding tert-OH is 1. The molecule has 0 aliphatic rings. The summed E-state index contributed by atoms with van der Waals surface area (Å²) in [6, 6.07) is 14.1. The molecule has 0 saturated carbocycles. The van der Waals surface area contributed by atoms with Crippen LogP contribution < -0.4 is 5.32 Å². The molecule has 0 unspecified atom stereocenters. The minimum absolute atomic E-state index is 0.0891. The first-order valence-electron chi connectivity index (χ1n) is 6.85. The third kappa shape index (κ3) is 4.07. The molecule has 0 bridgehead atoms. The first-order valence-corrected chi connectivity index (χ1v) is 6.85. The molecule has 0 aromatic heterocycles. The fourth-order valence-electron chi connectivity index (χ4n) is 2.08. The largest absolute Gasteiger partial charge is 0.508 e. The van der Waals surface area contributed by atoms with Crippen LogP contribution in [0, 0.1) is 6.92 Å². The lowest BCUT2D eigenvalue weighted by molar-refractivity contribution is 0.0916. The molecule has 4 heteroatoms. The highest BCUT2D eigenvalue weighted by Crippen LogP contribution is 2.17. The fourth-order valence-corrected chi connectivity index (χ4v) is 2.08. The maximum atomic E-state index is 12.1. The maximum Gasteiger partial charge on any atom is 0.251 e. The summed E-state index contributed by atoms with van der Waals surface area (Å²) in [4.78, 5) is 12.1. The standard InChI is InChI=1S/C17H19NO3/c1-12-7-8-14(10-16(12)20)17(21)18-15(11-19)9-13-5-3-2-4-6-13/h2-8,10,15,19-20H,9,11H2,1H3,(H,18,21)/t15-/m1/s1. The van der Waals surface area contributed by atoms with Crippen LogP contribution in [0.25, 0.3) is 0 Å². The monoisotopic (exact) mass is 285 g/mol. The average molecular weight is 285 g/mol. The molecule has 4 nitrogen and oxygen atoms in total. The van der Waals surface area contributed by atoms with Crippen molar-refractivity contribution in [2.45, 2.75) is 19.4 Å². The molecule has 0 fully saturated rings. The van der Waals surface area contributed by atoms with Gasteiger partial charge in [0.05, 0.1) is 12.6 Å². The van der Waals surface area contributed by atoms with Gasteiger partial charge < -0.3 is 15.5 Å². The first kappa shape index (κ1) is 15.1. The van der Waals surface area contributed by atoms with Gasteiger partial charge in [-0.2, -0.15) is 0 Å². The second-order valence-electron chi connectivity index (χ2n) is 5.04. The zero-order valence-electron chi connectivity index (χ0n) is 11.9. The topological polar surface area (TPSA) is 69.6 Å². The summed E-state index contributed by atoms with van der Waals surface area (Å²) >= 11 is 0. The number of aliphatic hydroxyl groups is 1. The number of nitrogens with one attached hydrogen (secondary N) is 1. The number of amides is 1. The van der Waals surface area contributed by atoms with Crippen LogP contribution in [0.5, 0.6) is 5.75 Å². The molecule has 2 aromatic rings. The van der Waals surface area contributed by atoms with Gasteiger partial charge >= 0.3 is 0 Å². The van der Waals surface area contributed by atoms with E-state index in [1.165, 1.54) is 6.07 Å². The maximum absolute atomic E-state index is 12.1. The minimum atomic E-state index is -0.358. The van der Waals surface area contributed by atoms with Gasteiger partial charge in [0, 0.05) is 5.56 Å². The molecule has 2 aromatic carbocycles. The molecule has 3 N–H and O–H groups in total. The van der Waals surface area contributed by atoms with E-state index in [4.69, 9.17) is 0 Å². The van der Waals surface area contributed by atoms with Crippen molar-refractivity contribution in [3.63, 3.8) is 0 Å². The Labute approximate surface area is 124 Å². The molecule has 1 atom stereocenters. The Hall–Kier alpha value is -2.33. The highest BCUT2D eigenvalue weighted by molar-refractivity contribution is 5.94. The molecule has 0 aliphatic carbocycles. The van der Waals surface area contributed by atoms with Crippen molar-refractivity contribution in [3.05, 3.63) is 65.2 Å². The van der Waals surface area contributed by atoms with Gasteiger partial charge in [0.1, 0.15) is 5.75 Å². The van der Waals surface area contributed by atoms with Crippen molar-refractivity contribution in [2.75, 3.05) is 6.61 Å². The zero-order chi connectivity index (χ0) is 15.2. The summed E-state index contributed by atoms with van der Waals surface area (Å²) in [7, 11) is 0. The predicted octanol–water partition coefficient (Wildman–Crippen LogP) is 2.03. The third-order valence-corrected chi connectivity index (χ3v) is 3.35. The molecule has 21 heavy (non-hydrogen) atoms. The number of carbonyl (C=O) groups is 1. The van der Waals surface area contributed by atoms with Gasteiger partial charge in [-0.25, -0.2) is 0 Å². The molecule has 0 radical (unpaired) electrons. The number of benzene rings is 2. The van der Waals surface area contributed by atoms with Gasteiger partial charge in [-0.05, 0) is 36.6 Å². The number of rotatable bonds is 5. The van der Waals surface area contributed by atoms with Crippen molar-refractivity contribution in [3.8, 4) is 5.75 Å². The molecule has 0 heterocycles. The number of hydrogen-bond acceptors (Lipinski definition) is 3. The van der Waals surface area contributed by atoms with E-state index in [-0.39, 0.29) is 24.3 Å². The molecule has 2 rings (SSSR count). The van der Waals surface area contributed by atoms with Crippen LogP contribution in [0.15, 0.2) is 48.5 Å². The van der Waals surface area contributed by atoms with Crippen LogP contribution in [0.2, 0.25) is 0 Å². The van der Waals surface area contributed by atoms with Crippen LogP contribution >= 0.6 is 0 Å². The van der Waals surface area contributed by atoms with E-state index < -0.39 is 0 Å². The Morgan fingerprint density at radius 1 is 1.19 bits per heavy atom. The number of phenols is 1. The van der Waals surface area contributed by atoms with E-state index >= 15 is 0 Å². The Morgan fingerprint density at radius 2 is 1.90 bits per heavy atom. The Morgan fingerprint density at radius 3 is 2.52 bits per heavy atom. The minimum Gasteiger partial charge on any atom is -0.508 e. The van der Waals surface area contributed by atoms with Crippen molar-refractivity contribution >= 4 is 5.91 Å². The van der Waals surface area contributed by atoms with E-state index in [1.54, 1.807) is 19.1 Å². The van der Waals surface area contributed by atoms with Crippen LogP contribution in [-0.2, 0) is 6.42 Å². The number of carbonyl (C=O) groups excluding carboxylic acids is 1. The van der Waals surface area contributed by atoms with E-state index in [9.17, 15) is 15.0 Å². The summed E-state index contributed by atoms with van der Waals surface area (Å²) in [6.07, 6.45) is 0.556. The van der Waals surface area contributed by atoms with Gasteiger partial charge in [0.25, 0.3) is 5.91 Å². The summed E-state index contributed by atoms with van der Waals surface area (Å²) in [5, 5.41) is 21.8. The van der Waals surface area contributed by atoms with Crippen LogP contribution in [-0.4, -0.2) is 28.8 Å². The molecule has 0 saturated heterocycles. The Kier molecular flexibility index (Phi) is 4.95. The molecule has 1 amide bonds. The summed E-state index contributed by atoms with van der Waals surface area (Å²) < 4.78 is 0. The van der Waals surface area contributed by atoms with Crippen LogP contribution in [0.1, 0.15) is 21.5 Å². The van der Waals surface area contributed by atoms with E-state index in [2.05, 4.69) is 5.32 Å². The molecular weight excluding hydrogens is 266 g/mol. The lowest BCUT2D eigenvalue weighted by Gasteiger charge is -2.16. The van der Waals surface area contributed by atoms with E-state index in [0.717, 1.165) is 11.1 Å². The summed E-state index contributed by atoms with van der Waals surface area (Å²) in [6.45, 7) is 1.63. The number of phenolic OH excluding ortho intramolecular Hbond substituents is 1. The van der Waals surface area contributed by atoms with Crippen LogP contribution in [0.4, 0.5) is 0 Å². The van der Waals surface area contributed by atoms with Crippen molar-refractivity contribution in [1.29, 1.82) is 0 Å². The van der Waals surface area contributed by atoms with Gasteiger partial charge in [-0.3, -0.25) is 4.79 Å². The summed E-state index contributed by atoms with van der Waals surface area (Å²) in [5.41, 5.74) is 2.14. The number of aromatic hydroxyl groups is 1. The van der Waals surface area contributed by atoms with Crippen molar-refractivity contribution in [1.82, 2.24) is 5.32 Å². The third-order valence-electron chi connectivity index (χ3n) is 3.35. The smallest absolute Gasteiger partial charge is 0.251 e. The SMILES string of the molecule is Cc1ccc(C(=O)N[C@@H](CO)Cc2ccccc2)cc1O. The van der Waals surface area contributed by atoms with Gasteiger partial charge in [-0.15, -0.1) is 0 Å². The predicted molar refractivity (Wildman–Crippen MR) is 81.3 cm³/mol. The molecular formula is C17H19NO3. The molecule has 0 aliphatic heterocycles. The second-order valence-corrected chi connectivity index (χ2v) is 5.04. The highest BCUT2D eigenvalue weighted by Gasteiger charge is 2.14. The normalized spacial score (nSPS) is 11.9. The lowest BCUT2D eigenvalue weighted by Crippen LogP contribution is -2.39. The van der Waals surface area contributed by atoms with Gasteiger partial charge in [-0.1, -0.05) is 36.4 Å². The van der Waals surface area contributed by atoms with E-state index in [1.807, 2.05) is 30.3 Å². The fraction of sp³-hybridized carbons (Fsp3) is 0.235. The molecule has 0 spiro atoms. The zero-order valence-corrected chi connectivity index (χ0v) is 11.9. The summed E-state index contributed by atoms with van der Waals surface area (Å²) in [5.74, 6) is -0.216. The average Bonchev–Trinajstić information content (AvgIpc) is 2.50. The number of hydrogen-bond donors (Lipinski definition) is 3. The van der Waals surface area contributed by atoms with E-state index in [0.29, 0.717) is 12.0 Å². The van der Waals surface area contributed by atoms with Crippen molar-refractivity contribution in [2.24, 2.45) is 0 Å². The quantitative estimate of drug-likeness (QED) is 0.787. The second kappa shape index (κ2) is 6.90. The van der Waals surface area contributed by atoms with Gasteiger partial charge in [0.2, 0.25) is 0 Å². The Bertz CT molecular complexity index is 611. The Balaban J connectivity index is 2.04. The van der Waals surface area contributed by atoms with Crippen molar-refractivity contribution < 1.29 is 15.0 Å². The number of aryl methyl sites for hydroxylation is 1. The first-order chi connectivity index (χ1) is 10.1. The lowest BCUT2D eigenvalue weighted by atomic mass is 10.1.